The third kappa shape index (κ3) is 2.41. The molecule has 4 rings (SSSR count). The number of hydrogen-bond donors (Lipinski definition) is 2. The molecule has 4 heterocycles. The predicted molar refractivity (Wildman–Crippen MR) is 88.9 cm³/mol. The van der Waals surface area contributed by atoms with E-state index in [0.29, 0.717) is 0 Å². The Balaban J connectivity index is 1.83. The minimum Gasteiger partial charge on any atom is -0.307 e. The standard InChI is InChI=1S/C16H21N7/c1-9-12-6-7-17-22-15(12)21-16(19-9)23-8-4-5-13-14(23)10(2)18-11(3)20-13/h17H,4-8H2,1-3H3,(H,19,21,22). The van der Waals surface area contributed by atoms with E-state index in [2.05, 4.69) is 32.6 Å². The van der Waals surface area contributed by atoms with Crippen LogP contribution in [0.3, 0.4) is 0 Å². The monoisotopic (exact) mass is 311 g/mol. The molecule has 0 spiro atoms. The third-order valence-corrected chi connectivity index (χ3v) is 4.46. The van der Waals surface area contributed by atoms with Crippen molar-refractivity contribution < 1.29 is 0 Å². The molecule has 7 nitrogen and oxygen atoms in total. The van der Waals surface area contributed by atoms with Crippen LogP contribution in [0.2, 0.25) is 0 Å². The Labute approximate surface area is 135 Å². The zero-order valence-electron chi connectivity index (χ0n) is 13.8. The van der Waals surface area contributed by atoms with Gasteiger partial charge in [0.15, 0.2) is 0 Å². The Morgan fingerprint density at radius 3 is 2.70 bits per heavy atom. The van der Waals surface area contributed by atoms with Crippen molar-refractivity contribution >= 4 is 17.5 Å². The average molecular weight is 311 g/mol. The summed E-state index contributed by atoms with van der Waals surface area (Å²) in [4.78, 5) is 20.8. The molecular formula is C16H21N7. The predicted octanol–water partition coefficient (Wildman–Crippen LogP) is 1.75. The Hall–Kier alpha value is -2.28. The minimum absolute atomic E-state index is 0.731. The third-order valence-electron chi connectivity index (χ3n) is 4.46. The van der Waals surface area contributed by atoms with Crippen LogP contribution >= 0.6 is 0 Å². The smallest absolute Gasteiger partial charge is 0.232 e. The molecule has 0 radical (unpaired) electrons. The summed E-state index contributed by atoms with van der Waals surface area (Å²) in [6.07, 6.45) is 2.99. The molecule has 0 bridgehead atoms. The van der Waals surface area contributed by atoms with Gasteiger partial charge in [-0.15, -0.1) is 0 Å². The van der Waals surface area contributed by atoms with Gasteiger partial charge in [0.1, 0.15) is 11.6 Å². The maximum atomic E-state index is 4.76. The fourth-order valence-corrected chi connectivity index (χ4v) is 3.46. The summed E-state index contributed by atoms with van der Waals surface area (Å²) < 4.78 is 0. The minimum atomic E-state index is 0.731. The molecule has 0 saturated heterocycles. The van der Waals surface area contributed by atoms with Gasteiger partial charge in [0.25, 0.3) is 0 Å². The average Bonchev–Trinajstić information content (AvgIpc) is 2.54. The molecule has 23 heavy (non-hydrogen) atoms. The normalized spacial score (nSPS) is 16.6. The first-order chi connectivity index (χ1) is 11.1. The van der Waals surface area contributed by atoms with E-state index in [9.17, 15) is 0 Å². The van der Waals surface area contributed by atoms with Gasteiger partial charge in [0, 0.05) is 24.3 Å². The van der Waals surface area contributed by atoms with Crippen molar-refractivity contribution in [3.05, 3.63) is 28.5 Å². The van der Waals surface area contributed by atoms with E-state index in [1.807, 2.05) is 13.8 Å². The Kier molecular flexibility index (Phi) is 3.37. The van der Waals surface area contributed by atoms with Crippen molar-refractivity contribution in [1.29, 1.82) is 0 Å². The number of hydrazine groups is 1. The summed E-state index contributed by atoms with van der Waals surface area (Å²) in [5.74, 6) is 2.45. The molecule has 0 aliphatic carbocycles. The van der Waals surface area contributed by atoms with Gasteiger partial charge in [0.2, 0.25) is 5.95 Å². The van der Waals surface area contributed by atoms with Crippen molar-refractivity contribution in [2.24, 2.45) is 0 Å². The van der Waals surface area contributed by atoms with Gasteiger partial charge in [-0.2, -0.15) is 4.98 Å². The van der Waals surface area contributed by atoms with Crippen molar-refractivity contribution in [3.63, 3.8) is 0 Å². The second-order valence-corrected chi connectivity index (χ2v) is 6.14. The highest BCUT2D eigenvalue weighted by molar-refractivity contribution is 5.66. The fraction of sp³-hybridized carbons (Fsp3) is 0.500. The molecular weight excluding hydrogens is 290 g/mol. The second kappa shape index (κ2) is 5.42. The molecule has 0 amide bonds. The molecule has 2 aliphatic rings. The first-order valence-electron chi connectivity index (χ1n) is 8.11. The molecule has 0 fully saturated rings. The lowest BCUT2D eigenvalue weighted by Gasteiger charge is -2.31. The van der Waals surface area contributed by atoms with Crippen LogP contribution in [0.5, 0.6) is 0 Å². The fourth-order valence-electron chi connectivity index (χ4n) is 3.46. The molecule has 120 valence electrons. The van der Waals surface area contributed by atoms with Gasteiger partial charge in [-0.05, 0) is 40.0 Å². The van der Waals surface area contributed by atoms with E-state index in [4.69, 9.17) is 9.97 Å². The van der Waals surface area contributed by atoms with Crippen LogP contribution in [0, 0.1) is 20.8 Å². The van der Waals surface area contributed by atoms with Crippen molar-refractivity contribution in [3.8, 4) is 0 Å². The maximum absolute atomic E-state index is 4.76. The van der Waals surface area contributed by atoms with E-state index in [0.717, 1.165) is 72.7 Å². The number of nitrogens with one attached hydrogen (secondary N) is 2. The van der Waals surface area contributed by atoms with Gasteiger partial charge in [-0.3, -0.25) is 0 Å². The Morgan fingerprint density at radius 1 is 0.957 bits per heavy atom. The lowest BCUT2D eigenvalue weighted by atomic mass is 10.1. The molecule has 0 saturated carbocycles. The summed E-state index contributed by atoms with van der Waals surface area (Å²) in [5, 5.41) is 0. The van der Waals surface area contributed by atoms with Crippen LogP contribution in [0.15, 0.2) is 0 Å². The lowest BCUT2D eigenvalue weighted by Crippen LogP contribution is -2.33. The van der Waals surface area contributed by atoms with Crippen LogP contribution < -0.4 is 15.8 Å². The van der Waals surface area contributed by atoms with E-state index < -0.39 is 0 Å². The number of fused-ring (bicyclic) bond motifs is 2. The van der Waals surface area contributed by atoms with Crippen LogP contribution in [0.1, 0.15) is 34.9 Å². The molecule has 0 aromatic carbocycles. The van der Waals surface area contributed by atoms with Crippen LogP contribution in [0.25, 0.3) is 0 Å². The van der Waals surface area contributed by atoms with E-state index in [-0.39, 0.29) is 0 Å². The molecule has 0 atom stereocenters. The van der Waals surface area contributed by atoms with Gasteiger partial charge in [-0.25, -0.2) is 20.4 Å². The van der Waals surface area contributed by atoms with Crippen LogP contribution in [0.4, 0.5) is 17.5 Å². The van der Waals surface area contributed by atoms with Gasteiger partial charge >= 0.3 is 0 Å². The van der Waals surface area contributed by atoms with Crippen molar-refractivity contribution in [2.45, 2.75) is 40.0 Å². The molecule has 2 aromatic rings. The summed E-state index contributed by atoms with van der Waals surface area (Å²) in [7, 11) is 0. The Bertz CT molecular complexity index is 772. The maximum Gasteiger partial charge on any atom is 0.232 e. The topological polar surface area (TPSA) is 78.9 Å². The summed E-state index contributed by atoms with van der Waals surface area (Å²) >= 11 is 0. The molecule has 2 aromatic heterocycles. The highest BCUT2D eigenvalue weighted by atomic mass is 15.4. The number of aryl methyl sites for hydroxylation is 4. The summed E-state index contributed by atoms with van der Waals surface area (Å²) in [5.41, 5.74) is 11.7. The number of rotatable bonds is 1. The largest absolute Gasteiger partial charge is 0.307 e. The zero-order chi connectivity index (χ0) is 16.0. The summed E-state index contributed by atoms with van der Waals surface area (Å²) in [6, 6.07) is 0. The lowest BCUT2D eigenvalue weighted by molar-refractivity contribution is 0.699. The number of hydrogen-bond acceptors (Lipinski definition) is 7. The number of nitrogens with zero attached hydrogens (tertiary/aromatic N) is 5. The van der Waals surface area contributed by atoms with E-state index in [1.54, 1.807) is 0 Å². The number of aromatic nitrogens is 4. The highest BCUT2D eigenvalue weighted by Gasteiger charge is 2.26. The SMILES string of the molecule is Cc1nc(C)c2c(n1)CCCN2c1nc(C)c2c(n1)NNCC2. The van der Waals surface area contributed by atoms with Gasteiger partial charge in [0.05, 0.1) is 17.1 Å². The molecule has 2 N–H and O–H groups in total. The van der Waals surface area contributed by atoms with Gasteiger partial charge < -0.3 is 10.3 Å². The van der Waals surface area contributed by atoms with Crippen molar-refractivity contribution in [2.75, 3.05) is 23.4 Å². The van der Waals surface area contributed by atoms with E-state index >= 15 is 0 Å². The van der Waals surface area contributed by atoms with Crippen LogP contribution in [-0.2, 0) is 12.8 Å². The second-order valence-electron chi connectivity index (χ2n) is 6.14. The quantitative estimate of drug-likeness (QED) is 0.830. The highest BCUT2D eigenvalue weighted by Crippen LogP contribution is 2.34. The number of anilines is 3. The molecule has 7 heteroatoms. The molecule has 0 unspecified atom stereocenters. The Morgan fingerprint density at radius 2 is 1.83 bits per heavy atom. The van der Waals surface area contributed by atoms with E-state index in [1.165, 1.54) is 5.56 Å². The van der Waals surface area contributed by atoms with Crippen LogP contribution in [-0.4, -0.2) is 33.0 Å². The zero-order valence-corrected chi connectivity index (χ0v) is 13.8. The first-order valence-corrected chi connectivity index (χ1v) is 8.11. The van der Waals surface area contributed by atoms with Gasteiger partial charge in [-0.1, -0.05) is 0 Å². The summed E-state index contributed by atoms with van der Waals surface area (Å²) in [6.45, 7) is 7.83. The van der Waals surface area contributed by atoms with Crippen molar-refractivity contribution in [1.82, 2.24) is 25.4 Å². The first kappa shape index (κ1) is 14.3. The molecule has 2 aliphatic heterocycles.